The van der Waals surface area contributed by atoms with Crippen LogP contribution in [0, 0.1) is 5.82 Å². The third-order valence-corrected chi connectivity index (χ3v) is 3.35. The predicted molar refractivity (Wildman–Crippen MR) is 57.0 cm³/mol. The van der Waals surface area contributed by atoms with Crippen molar-refractivity contribution in [3.63, 3.8) is 0 Å². The number of carbonyl (C=O) groups is 1. The van der Waals surface area contributed by atoms with Crippen LogP contribution in [0.2, 0.25) is 0 Å². The molecule has 0 unspecified atom stereocenters. The summed E-state index contributed by atoms with van der Waals surface area (Å²) in [6.07, 6.45) is 0. The molecule has 5 nitrogen and oxygen atoms in total. The van der Waals surface area contributed by atoms with E-state index in [9.17, 15) is 22.5 Å². The number of rotatable bonds is 3. The average molecular weight is 310 g/mol. The molecule has 0 spiro atoms. The molecule has 0 saturated heterocycles. The van der Waals surface area contributed by atoms with Crippen LogP contribution in [-0.2, 0) is 24.2 Å². The summed E-state index contributed by atoms with van der Waals surface area (Å²) in [4.78, 5) is 11.1. The summed E-state index contributed by atoms with van der Waals surface area (Å²) < 4.78 is 43.1. The van der Waals surface area contributed by atoms with Gasteiger partial charge in [0.05, 0.1) is 9.05 Å². The molecule has 0 bridgehead atoms. The van der Waals surface area contributed by atoms with Crippen LogP contribution in [0.3, 0.4) is 0 Å². The van der Waals surface area contributed by atoms with E-state index < -0.39 is 26.5 Å². The minimum atomic E-state index is -4.47. The Bertz CT molecular complexity index is 494. The van der Waals surface area contributed by atoms with Gasteiger partial charge in [0.2, 0.25) is 10.3 Å². The van der Waals surface area contributed by atoms with E-state index in [-0.39, 0.29) is 69.4 Å². The summed E-state index contributed by atoms with van der Waals surface area (Å²) in [7, 11) is -4.48. The molecular formula is C8H7FNNa2O4S2+. The number of hydrogen-bond donors (Lipinski definition) is 1. The number of carbonyl (C=O) groups excluding carboxylic acids is 1. The van der Waals surface area contributed by atoms with Crippen molar-refractivity contribution in [2.45, 2.75) is 0 Å². The summed E-state index contributed by atoms with van der Waals surface area (Å²) in [6, 6.07) is 4.94. The first kappa shape index (κ1) is 21.2. The van der Waals surface area contributed by atoms with Crippen molar-refractivity contribution in [1.29, 1.82) is 0 Å². The van der Waals surface area contributed by atoms with Gasteiger partial charge >= 0.3 is 59.1 Å². The summed E-state index contributed by atoms with van der Waals surface area (Å²) in [5, 5.41) is 2.31. The molecule has 10 heteroatoms. The van der Waals surface area contributed by atoms with E-state index >= 15 is 0 Å². The quantitative estimate of drug-likeness (QED) is 0.445. The first-order valence-electron chi connectivity index (χ1n) is 4.02. The maximum absolute atomic E-state index is 12.5. The molecule has 0 aliphatic rings. The normalized spacial score (nSPS) is 9.72. The van der Waals surface area contributed by atoms with E-state index in [0.29, 0.717) is 5.69 Å². The molecule has 0 saturated carbocycles. The molecule has 0 aromatic heterocycles. The Kier molecular flexibility index (Phi) is 11.5. The molecule has 88 valence electrons. The van der Waals surface area contributed by atoms with Crippen LogP contribution in [-0.4, -0.2) is 25.0 Å². The van der Waals surface area contributed by atoms with Gasteiger partial charge in [0.1, 0.15) is 5.82 Å². The van der Waals surface area contributed by atoms with Crippen LogP contribution >= 0.6 is 0 Å². The number of halogens is 1. The largest absolute Gasteiger partial charge is 1.00 e. The summed E-state index contributed by atoms with van der Waals surface area (Å²) >= 11 is 0. The van der Waals surface area contributed by atoms with Gasteiger partial charge < -0.3 is 14.4 Å². The van der Waals surface area contributed by atoms with Gasteiger partial charge in [-0.2, -0.15) is 0 Å². The third-order valence-electron chi connectivity index (χ3n) is 1.46. The van der Waals surface area contributed by atoms with Crippen LogP contribution < -0.4 is 64.4 Å². The zero-order valence-corrected chi connectivity index (χ0v) is 15.5. The van der Waals surface area contributed by atoms with Gasteiger partial charge in [0.15, 0.2) is 0 Å². The van der Waals surface area contributed by atoms with Gasteiger partial charge in [0, 0.05) is 5.69 Å². The molecule has 0 radical (unpaired) electrons. The standard InChI is InChI=1S/C8H8FNO4S2.2Na/c9-6-1-3-7(4-2-6)10-8(11)5-15-16(12,13)14;;/h1-4H,5H2,(H2-,10,11,12,13,14);;/q;2*+1/p-1. The number of amides is 1. The van der Waals surface area contributed by atoms with Gasteiger partial charge in [0.25, 0.3) is 11.7 Å². The van der Waals surface area contributed by atoms with Crippen molar-refractivity contribution in [2.24, 2.45) is 0 Å². The number of hydrogen-bond acceptors (Lipinski definition) is 4. The number of anilines is 1. The summed E-state index contributed by atoms with van der Waals surface area (Å²) in [6.45, 7) is 0. The Labute approximate surface area is 152 Å². The molecule has 0 aliphatic carbocycles. The fraction of sp³-hybridized carbons (Fsp3) is 0.125. The van der Waals surface area contributed by atoms with Crippen molar-refractivity contribution in [2.75, 3.05) is 11.1 Å². The van der Waals surface area contributed by atoms with Gasteiger partial charge in [-0.1, -0.05) is 0 Å². The zero-order valence-electron chi connectivity index (χ0n) is 9.84. The Morgan fingerprint density at radius 1 is 1.28 bits per heavy atom. The van der Waals surface area contributed by atoms with E-state index in [1.54, 1.807) is 0 Å². The number of benzene rings is 1. The second-order valence-corrected chi connectivity index (χ2v) is 6.00. The topological polar surface area (TPSA) is 92.3 Å². The van der Waals surface area contributed by atoms with E-state index in [2.05, 4.69) is 5.32 Å². The van der Waals surface area contributed by atoms with E-state index in [1.165, 1.54) is 12.1 Å². The SMILES string of the molecule is O=C(C[S+]=S(=O)([O-])[O-])Nc1ccc(F)cc1.[Na+].[Na+]. The Morgan fingerprint density at radius 3 is 2.22 bits per heavy atom. The Balaban J connectivity index is 0. The van der Waals surface area contributed by atoms with Crippen LogP contribution in [0.1, 0.15) is 0 Å². The smallest absolute Gasteiger partial charge is 0.746 e. The van der Waals surface area contributed by atoms with Gasteiger partial charge in [-0.25, -0.2) is 8.60 Å². The molecule has 1 rings (SSSR count). The van der Waals surface area contributed by atoms with Crippen LogP contribution in [0.25, 0.3) is 0 Å². The summed E-state index contributed by atoms with van der Waals surface area (Å²) in [5.41, 5.74) is 0.329. The average Bonchev–Trinajstić information content (AvgIpc) is 2.18. The van der Waals surface area contributed by atoms with E-state index in [0.717, 1.165) is 12.1 Å². The first-order chi connectivity index (χ1) is 7.37. The monoisotopic (exact) mass is 310 g/mol. The minimum absolute atomic E-state index is 0. The molecule has 1 amide bonds. The molecule has 0 atom stereocenters. The molecule has 18 heavy (non-hydrogen) atoms. The summed E-state index contributed by atoms with van der Waals surface area (Å²) in [5.74, 6) is -1.59. The van der Waals surface area contributed by atoms with E-state index in [1.807, 2.05) is 0 Å². The fourth-order valence-corrected chi connectivity index (χ4v) is 1.93. The molecule has 1 aromatic rings. The van der Waals surface area contributed by atoms with Crippen molar-refractivity contribution in [1.82, 2.24) is 0 Å². The predicted octanol–water partition coefficient (Wildman–Crippen LogP) is -5.68. The second-order valence-electron chi connectivity index (χ2n) is 2.73. The van der Waals surface area contributed by atoms with E-state index in [4.69, 9.17) is 0 Å². The van der Waals surface area contributed by atoms with Crippen molar-refractivity contribution in [3.8, 4) is 0 Å². The van der Waals surface area contributed by atoms with Crippen molar-refractivity contribution in [3.05, 3.63) is 30.1 Å². The maximum Gasteiger partial charge on any atom is 1.00 e. The number of nitrogens with one attached hydrogen (secondary N) is 1. The van der Waals surface area contributed by atoms with Crippen molar-refractivity contribution < 1.29 is 81.6 Å². The first-order valence-corrected chi connectivity index (χ1v) is 6.93. The van der Waals surface area contributed by atoms with Gasteiger partial charge in [-0.05, 0) is 24.3 Å². The Hall–Kier alpha value is 0.910. The maximum atomic E-state index is 12.5. The molecule has 1 aromatic carbocycles. The molecular weight excluding hydrogens is 303 g/mol. The zero-order chi connectivity index (χ0) is 12.2. The van der Waals surface area contributed by atoms with Gasteiger partial charge in [-0.3, -0.25) is 4.79 Å². The minimum Gasteiger partial charge on any atom is -0.746 e. The third kappa shape index (κ3) is 9.79. The van der Waals surface area contributed by atoms with Crippen LogP contribution in [0.5, 0.6) is 0 Å². The fourth-order valence-electron chi connectivity index (χ4n) is 0.856. The van der Waals surface area contributed by atoms with Gasteiger partial charge in [-0.15, -0.1) is 0 Å². The van der Waals surface area contributed by atoms with Crippen LogP contribution in [0.4, 0.5) is 10.1 Å². The molecule has 1 N–H and O–H groups in total. The second kappa shape index (κ2) is 9.76. The van der Waals surface area contributed by atoms with Crippen molar-refractivity contribution >= 4 is 31.0 Å². The Morgan fingerprint density at radius 2 is 1.78 bits per heavy atom. The molecule has 0 heterocycles. The molecule has 0 aliphatic heterocycles. The molecule has 0 fully saturated rings. The van der Waals surface area contributed by atoms with Crippen LogP contribution in [0.15, 0.2) is 24.3 Å².